The maximum atomic E-state index is 13.1. The van der Waals surface area contributed by atoms with E-state index in [-0.39, 0.29) is 40.4 Å². The topological polar surface area (TPSA) is 183 Å². The van der Waals surface area contributed by atoms with E-state index in [9.17, 15) is 39.3 Å². The fourth-order valence-corrected chi connectivity index (χ4v) is 21.6. The summed E-state index contributed by atoms with van der Waals surface area (Å²) in [6.45, 7) is 16.7. The number of ether oxygens (including phenoxy) is 4. The number of benzene rings is 12. The summed E-state index contributed by atoms with van der Waals surface area (Å²) < 4.78 is 23.3. The number of carbonyl (C=O) groups excluding carboxylic acids is 5. The van der Waals surface area contributed by atoms with Crippen LogP contribution >= 0.6 is 70.6 Å². The number of aliphatic hydroxyl groups is 1. The highest BCUT2D eigenvalue weighted by Gasteiger charge is 2.33. The first kappa shape index (κ1) is 85.3. The van der Waals surface area contributed by atoms with Gasteiger partial charge in [0.15, 0.2) is 28.9 Å². The lowest BCUT2D eigenvalue weighted by Crippen LogP contribution is -2.10. The summed E-state index contributed by atoms with van der Waals surface area (Å²) in [5.74, 6) is 7.76. The lowest BCUT2D eigenvalue weighted by Gasteiger charge is -2.20. The van der Waals surface area contributed by atoms with E-state index < -0.39 is 6.10 Å². The number of fused-ring (bicyclic) bond motifs is 16. The van der Waals surface area contributed by atoms with Gasteiger partial charge in [-0.15, -0.1) is 83.7 Å². The van der Waals surface area contributed by atoms with E-state index in [0.29, 0.717) is 95.7 Å². The number of thioether (sulfide) groups is 6. The number of hydrogen-bond donors (Lipinski definition) is 3. The molecule has 12 nitrogen and oxygen atoms in total. The van der Waals surface area contributed by atoms with E-state index in [1.807, 2.05) is 206 Å². The molecule has 1 unspecified atom stereocenters. The van der Waals surface area contributed by atoms with Crippen molar-refractivity contribution in [1.29, 1.82) is 0 Å². The van der Waals surface area contributed by atoms with Crippen LogP contribution in [0.3, 0.4) is 0 Å². The number of carbonyl (C=O) groups is 5. The average Bonchev–Trinajstić information content (AvgIpc) is 1.72. The van der Waals surface area contributed by atoms with Gasteiger partial charge in [0, 0.05) is 97.3 Å². The SMILES string of the molecule is C=CCOc1c(CC=C)ccc2c1C(=O)c1ccccc1SC2.C=CCOc1cccc2c1C(=O)c1ccccc1SC2.C=CCc1ccc2c(c1O)C(=O)c1ccccc1SC2.O=C1c2ccccc2SCc2ccc3c(c21)OCC=CC3.O=C1c2ccccc2SCc2cccc(O)c21.OC1c2ccccc2SCc2ccc3c(c21)OCC=CC3. The van der Waals surface area contributed by atoms with Gasteiger partial charge in [-0.2, -0.15) is 0 Å². The summed E-state index contributed by atoms with van der Waals surface area (Å²) in [5, 5.41) is 31.2. The smallest absolute Gasteiger partial charge is 0.198 e. The fourth-order valence-electron chi connectivity index (χ4n) is 15.3. The van der Waals surface area contributed by atoms with Crippen LogP contribution in [0.1, 0.15) is 152 Å². The lowest BCUT2D eigenvalue weighted by molar-refractivity contribution is 0.102. The van der Waals surface area contributed by atoms with Crippen LogP contribution in [-0.2, 0) is 60.2 Å². The molecule has 20 rings (SSSR count). The van der Waals surface area contributed by atoms with Crippen molar-refractivity contribution in [2.45, 2.75) is 95.7 Å². The molecule has 0 saturated carbocycles. The van der Waals surface area contributed by atoms with Gasteiger partial charge in [0.05, 0.1) is 27.8 Å². The number of phenols is 2. The molecule has 122 heavy (non-hydrogen) atoms. The summed E-state index contributed by atoms with van der Waals surface area (Å²) in [6, 6.07) is 73.8. The standard InChI is InChI=1S/C20H18O2S.C18H16O2S.C18H14O2S.2C17H14O2S.C14H10O2S/c1-3-7-14-10-11-15-13-23-17-9-6-5-8-16(17)19(21)18(15)20(14)22-12-4-2;2*19-17-14-6-1-2-7-15(14)21-11-13-9-8-12-5-3-4-10-20-18(12)16(13)17;1-2-10-19-14-8-5-6-12-11-20-15-9-4-3-7-13(15)17(18)16(12)14;1-2-5-11-8-9-12-10-20-14-7-4-3-6-13(14)17(19)15(12)16(11)18;15-11-6-3-4-9-8-17-12-7-2-1-5-10(12)14(16)13(9)11/h3-6,8-11H,1-2,7,12-13H2;1-4,6-9,17,19H,5,10-11H2;1-4,6-9H,5,10-11H2;2-9H,1,10-11H2;2-4,6-9,18H,1,5,10H2;1-7,15H,8H2. The van der Waals surface area contributed by atoms with Crippen LogP contribution < -0.4 is 18.9 Å². The molecule has 18 heteroatoms. The zero-order chi connectivity index (χ0) is 84.6. The number of aromatic hydroxyl groups is 2. The summed E-state index contributed by atoms with van der Waals surface area (Å²) in [5.41, 5.74) is 18.7. The van der Waals surface area contributed by atoms with Crippen molar-refractivity contribution in [2.75, 3.05) is 26.4 Å². The minimum atomic E-state index is -0.612. The minimum Gasteiger partial charge on any atom is -0.507 e. The predicted molar refractivity (Wildman–Crippen MR) is 495 cm³/mol. The lowest BCUT2D eigenvalue weighted by atomic mass is 9.93. The van der Waals surface area contributed by atoms with Gasteiger partial charge in [-0.25, -0.2) is 0 Å². The van der Waals surface area contributed by atoms with Crippen molar-refractivity contribution in [3.63, 3.8) is 0 Å². The molecule has 610 valence electrons. The number of hydrogen-bond acceptors (Lipinski definition) is 18. The molecule has 8 aliphatic rings. The van der Waals surface area contributed by atoms with Crippen molar-refractivity contribution >= 4 is 99.5 Å². The Hall–Kier alpha value is -11.7. The average molecular weight is 1720 g/mol. The minimum absolute atomic E-state index is 0.0329. The largest absolute Gasteiger partial charge is 0.507 e. The molecule has 3 N–H and O–H groups in total. The van der Waals surface area contributed by atoms with Crippen molar-refractivity contribution in [2.24, 2.45) is 0 Å². The van der Waals surface area contributed by atoms with Crippen LogP contribution in [0.4, 0.5) is 0 Å². The van der Waals surface area contributed by atoms with E-state index in [4.69, 9.17) is 18.9 Å². The molecule has 0 aliphatic carbocycles. The van der Waals surface area contributed by atoms with E-state index in [0.717, 1.165) is 160 Å². The number of rotatable bonds is 10. The van der Waals surface area contributed by atoms with Gasteiger partial charge in [-0.05, 0) is 166 Å². The van der Waals surface area contributed by atoms with Crippen LogP contribution in [0, 0.1) is 0 Å². The third-order valence-corrected chi connectivity index (χ3v) is 28.0. The highest BCUT2D eigenvalue weighted by Crippen LogP contribution is 2.48. The van der Waals surface area contributed by atoms with Crippen LogP contribution in [0.5, 0.6) is 34.5 Å². The fraction of sp³-hybridized carbons (Fsp3) is 0.144. The van der Waals surface area contributed by atoms with E-state index in [2.05, 4.69) is 68.8 Å². The Morgan fingerprint density at radius 2 is 0.721 bits per heavy atom. The zero-order valence-electron chi connectivity index (χ0n) is 66.8. The Balaban J connectivity index is 0.000000114. The molecule has 0 spiro atoms. The molecule has 12 aromatic carbocycles. The molecular formula is C104H86O12S6. The molecule has 0 radical (unpaired) electrons. The molecule has 0 bridgehead atoms. The van der Waals surface area contributed by atoms with Gasteiger partial charge in [-0.1, -0.05) is 213 Å². The van der Waals surface area contributed by atoms with E-state index in [1.165, 1.54) is 5.56 Å². The Labute approximate surface area is 736 Å². The van der Waals surface area contributed by atoms with Crippen LogP contribution in [-0.4, -0.2) is 70.7 Å². The highest BCUT2D eigenvalue weighted by molar-refractivity contribution is 7.99. The molecule has 8 aliphatic heterocycles. The van der Waals surface area contributed by atoms with Crippen molar-refractivity contribution < 1.29 is 58.2 Å². The quantitative estimate of drug-likeness (QED) is 0.110. The first-order valence-electron chi connectivity index (χ1n) is 39.9. The molecule has 0 amide bonds. The van der Waals surface area contributed by atoms with Gasteiger partial charge in [0.2, 0.25) is 0 Å². The number of aliphatic hydroxyl groups excluding tert-OH is 1. The Morgan fingerprint density at radius 3 is 1.26 bits per heavy atom. The normalized spacial score (nSPS) is 14.8. The van der Waals surface area contributed by atoms with E-state index >= 15 is 0 Å². The molecule has 0 saturated heterocycles. The highest BCUT2D eigenvalue weighted by atomic mass is 32.2. The number of allylic oxidation sites excluding steroid dienone is 4. The predicted octanol–water partition coefficient (Wildman–Crippen LogP) is 24.0. The zero-order valence-corrected chi connectivity index (χ0v) is 71.7. The molecule has 0 aromatic heterocycles. The third-order valence-electron chi connectivity index (χ3n) is 21.3. The van der Waals surface area contributed by atoms with Gasteiger partial charge in [0.25, 0.3) is 0 Å². The Bertz CT molecular complexity index is 6160. The van der Waals surface area contributed by atoms with E-state index in [1.54, 1.807) is 101 Å². The molecular weight excluding hydrogens is 1630 g/mol. The monoisotopic (exact) mass is 1720 g/mol. The van der Waals surface area contributed by atoms with Crippen LogP contribution in [0.2, 0.25) is 0 Å². The second-order valence-electron chi connectivity index (χ2n) is 29.0. The first-order valence-corrected chi connectivity index (χ1v) is 45.8. The summed E-state index contributed by atoms with van der Waals surface area (Å²) in [6.07, 6.45) is 17.5. The first-order chi connectivity index (χ1) is 59.7. The summed E-state index contributed by atoms with van der Waals surface area (Å²) >= 11 is 10.1. The van der Waals surface area contributed by atoms with Crippen molar-refractivity contribution in [1.82, 2.24) is 0 Å². The Kier molecular flexibility index (Phi) is 28.2. The maximum absolute atomic E-state index is 13.1. The molecule has 8 heterocycles. The second-order valence-corrected chi connectivity index (χ2v) is 35.1. The molecule has 12 aromatic rings. The molecule has 1 atom stereocenters. The van der Waals surface area contributed by atoms with Crippen LogP contribution in [0.25, 0.3) is 0 Å². The maximum Gasteiger partial charge on any atom is 0.198 e. The van der Waals surface area contributed by atoms with Gasteiger partial charge < -0.3 is 34.3 Å². The summed E-state index contributed by atoms with van der Waals surface area (Å²) in [7, 11) is 0. The van der Waals surface area contributed by atoms with Crippen molar-refractivity contribution in [3.8, 4) is 34.5 Å². The number of ketones is 5. The van der Waals surface area contributed by atoms with Gasteiger partial charge in [0.1, 0.15) is 67.0 Å². The Morgan fingerprint density at radius 1 is 0.344 bits per heavy atom. The number of phenolic OH excluding ortho intramolecular Hbond substituents is 2. The second kappa shape index (κ2) is 40.3. The van der Waals surface area contributed by atoms with Crippen molar-refractivity contribution in [3.05, 3.63) is 428 Å². The van der Waals surface area contributed by atoms with Crippen LogP contribution in [0.15, 0.2) is 335 Å². The third kappa shape index (κ3) is 18.7. The van der Waals surface area contributed by atoms with Gasteiger partial charge in [-0.3, -0.25) is 24.0 Å². The molecule has 0 fully saturated rings. The summed E-state index contributed by atoms with van der Waals surface area (Å²) in [4.78, 5) is 70.2. The van der Waals surface area contributed by atoms with Gasteiger partial charge >= 0.3 is 0 Å².